The Bertz CT molecular complexity index is 759. The average Bonchev–Trinajstić information content (AvgIpc) is 3.25. The van der Waals surface area contributed by atoms with Crippen molar-refractivity contribution in [3.63, 3.8) is 0 Å². The van der Waals surface area contributed by atoms with Crippen LogP contribution in [0.4, 0.5) is 4.39 Å². The average molecular weight is 372 g/mol. The fraction of sp³-hybridized carbons (Fsp3) is 0.579. The van der Waals surface area contributed by atoms with Crippen molar-refractivity contribution in [2.75, 3.05) is 19.6 Å². The normalized spacial score (nSPS) is 24.1. The Morgan fingerprint density at radius 1 is 1.19 bits per heavy atom. The number of aromatic nitrogens is 4. The van der Waals surface area contributed by atoms with Gasteiger partial charge in [-0.15, -0.1) is 5.10 Å². The van der Waals surface area contributed by atoms with Gasteiger partial charge >= 0.3 is 0 Å². The zero-order valence-corrected chi connectivity index (χ0v) is 15.4. The van der Waals surface area contributed by atoms with Gasteiger partial charge in [0.05, 0.1) is 12.1 Å². The molecule has 2 fully saturated rings. The van der Waals surface area contributed by atoms with Crippen molar-refractivity contribution >= 4 is 5.91 Å². The van der Waals surface area contributed by atoms with Crippen molar-refractivity contribution in [2.24, 2.45) is 0 Å². The first-order valence-electron chi connectivity index (χ1n) is 9.70. The monoisotopic (exact) mass is 372 g/mol. The molecule has 8 heteroatoms. The van der Waals surface area contributed by atoms with Gasteiger partial charge in [-0.2, -0.15) is 0 Å². The summed E-state index contributed by atoms with van der Waals surface area (Å²) in [6.07, 6.45) is 6.79. The van der Waals surface area contributed by atoms with Crippen LogP contribution in [0.25, 0.3) is 0 Å². The quantitative estimate of drug-likeness (QED) is 0.822. The summed E-state index contributed by atoms with van der Waals surface area (Å²) in [5, 5.41) is 11.5. The van der Waals surface area contributed by atoms with Crippen LogP contribution in [-0.2, 0) is 11.3 Å². The predicted molar refractivity (Wildman–Crippen MR) is 97.1 cm³/mol. The first-order valence-corrected chi connectivity index (χ1v) is 9.70. The van der Waals surface area contributed by atoms with Crippen LogP contribution in [0.1, 0.15) is 43.7 Å². The first kappa shape index (κ1) is 18.0. The Labute approximate surface area is 158 Å². The number of likely N-dealkylation sites (tertiary alicyclic amines) is 2. The largest absolute Gasteiger partial charge is 0.341 e. The number of nitrogens with zero attached hydrogens (tertiary/aromatic N) is 6. The molecule has 27 heavy (non-hydrogen) atoms. The maximum absolute atomic E-state index is 13.6. The van der Waals surface area contributed by atoms with Gasteiger partial charge < -0.3 is 4.90 Å². The highest BCUT2D eigenvalue weighted by Crippen LogP contribution is 2.30. The zero-order chi connectivity index (χ0) is 18.6. The molecule has 2 aliphatic heterocycles. The van der Waals surface area contributed by atoms with Gasteiger partial charge in [-0.25, -0.2) is 9.07 Å². The van der Waals surface area contributed by atoms with E-state index in [1.807, 2.05) is 11.0 Å². The molecule has 0 spiro atoms. The number of hydrogen-bond donors (Lipinski definition) is 0. The second-order valence-electron chi connectivity index (χ2n) is 7.49. The van der Waals surface area contributed by atoms with Crippen LogP contribution in [0, 0.1) is 5.82 Å². The number of hydrogen-bond acceptors (Lipinski definition) is 5. The van der Waals surface area contributed by atoms with E-state index in [0.29, 0.717) is 19.5 Å². The second kappa shape index (κ2) is 8.12. The van der Waals surface area contributed by atoms with Gasteiger partial charge in [-0.05, 0) is 47.4 Å². The van der Waals surface area contributed by atoms with Crippen molar-refractivity contribution in [3.05, 3.63) is 42.0 Å². The fourth-order valence-corrected chi connectivity index (χ4v) is 4.21. The van der Waals surface area contributed by atoms with Gasteiger partial charge in [0.15, 0.2) is 0 Å². The van der Waals surface area contributed by atoms with Crippen molar-refractivity contribution in [3.8, 4) is 0 Å². The van der Waals surface area contributed by atoms with E-state index in [-0.39, 0.29) is 23.8 Å². The second-order valence-corrected chi connectivity index (χ2v) is 7.49. The van der Waals surface area contributed by atoms with E-state index in [2.05, 4.69) is 20.4 Å². The molecule has 2 aliphatic rings. The Morgan fingerprint density at radius 2 is 2.00 bits per heavy atom. The zero-order valence-electron chi connectivity index (χ0n) is 15.4. The van der Waals surface area contributed by atoms with Gasteiger partial charge in [0.2, 0.25) is 5.91 Å². The summed E-state index contributed by atoms with van der Waals surface area (Å²) in [6, 6.07) is 6.43. The Morgan fingerprint density at radius 3 is 2.70 bits per heavy atom. The number of benzene rings is 1. The van der Waals surface area contributed by atoms with E-state index >= 15 is 0 Å². The molecular formula is C19H25FN6O. The third-order valence-electron chi connectivity index (χ3n) is 5.60. The van der Waals surface area contributed by atoms with E-state index < -0.39 is 0 Å². The summed E-state index contributed by atoms with van der Waals surface area (Å²) < 4.78 is 15.3. The minimum atomic E-state index is -0.251. The summed E-state index contributed by atoms with van der Waals surface area (Å²) in [5.41, 5.74) is 0.876. The van der Waals surface area contributed by atoms with Crippen LogP contribution >= 0.6 is 0 Å². The van der Waals surface area contributed by atoms with Crippen molar-refractivity contribution in [1.82, 2.24) is 30.0 Å². The molecule has 0 unspecified atom stereocenters. The number of carbonyl (C=O) groups is 1. The highest BCUT2D eigenvalue weighted by molar-refractivity contribution is 5.82. The summed E-state index contributed by atoms with van der Waals surface area (Å²) >= 11 is 0. The molecule has 1 aromatic heterocycles. The maximum Gasteiger partial charge on any atom is 0.240 e. The summed E-state index contributed by atoms with van der Waals surface area (Å²) in [4.78, 5) is 17.4. The molecule has 2 aromatic rings. The minimum absolute atomic E-state index is 0.0505. The van der Waals surface area contributed by atoms with Crippen LogP contribution in [0.2, 0.25) is 0 Å². The Kier molecular flexibility index (Phi) is 5.42. The maximum atomic E-state index is 13.6. The van der Waals surface area contributed by atoms with Gasteiger partial charge in [-0.1, -0.05) is 25.0 Å². The van der Waals surface area contributed by atoms with Crippen molar-refractivity contribution in [2.45, 2.75) is 50.7 Å². The highest BCUT2D eigenvalue weighted by atomic mass is 19.1. The molecule has 0 aliphatic carbocycles. The molecule has 0 radical (unpaired) electrons. The minimum Gasteiger partial charge on any atom is -0.341 e. The van der Waals surface area contributed by atoms with Gasteiger partial charge in [0.1, 0.15) is 12.1 Å². The number of amides is 1. The highest BCUT2D eigenvalue weighted by Gasteiger charge is 2.40. The summed E-state index contributed by atoms with van der Waals surface area (Å²) in [5.74, 6) is -0.0667. The summed E-state index contributed by atoms with van der Waals surface area (Å²) in [6.45, 7) is 2.88. The van der Waals surface area contributed by atoms with Gasteiger partial charge in [0.25, 0.3) is 0 Å². The SMILES string of the molecule is O=C([C@@H]1C[C@@H](n2cnnn2)CN1Cc1cccc(F)c1)N1CCCCCC1. The number of carbonyl (C=O) groups excluding carboxylic acids is 1. The fourth-order valence-electron chi connectivity index (χ4n) is 4.21. The lowest BCUT2D eigenvalue weighted by atomic mass is 10.1. The Hall–Kier alpha value is -2.35. The van der Waals surface area contributed by atoms with E-state index in [1.54, 1.807) is 17.1 Å². The lowest BCUT2D eigenvalue weighted by Gasteiger charge is -2.29. The summed E-state index contributed by atoms with van der Waals surface area (Å²) in [7, 11) is 0. The van der Waals surface area contributed by atoms with Gasteiger partial charge in [-0.3, -0.25) is 9.69 Å². The molecule has 1 aromatic carbocycles. The molecule has 0 bridgehead atoms. The van der Waals surface area contributed by atoms with E-state index in [0.717, 1.165) is 31.5 Å². The number of halogens is 1. The number of rotatable bonds is 4. The van der Waals surface area contributed by atoms with E-state index in [9.17, 15) is 9.18 Å². The van der Waals surface area contributed by atoms with Crippen molar-refractivity contribution < 1.29 is 9.18 Å². The van der Waals surface area contributed by atoms with Crippen LogP contribution in [-0.4, -0.2) is 61.6 Å². The third kappa shape index (κ3) is 4.16. The van der Waals surface area contributed by atoms with E-state index in [1.165, 1.54) is 25.0 Å². The van der Waals surface area contributed by atoms with Gasteiger partial charge in [0, 0.05) is 26.2 Å². The first-order chi connectivity index (χ1) is 13.2. The lowest BCUT2D eigenvalue weighted by Crippen LogP contribution is -2.45. The smallest absolute Gasteiger partial charge is 0.240 e. The molecule has 7 nitrogen and oxygen atoms in total. The van der Waals surface area contributed by atoms with Crippen LogP contribution in [0.5, 0.6) is 0 Å². The molecule has 3 heterocycles. The molecule has 2 atom stereocenters. The molecule has 2 saturated heterocycles. The molecule has 1 amide bonds. The van der Waals surface area contributed by atoms with Crippen LogP contribution in [0.3, 0.4) is 0 Å². The van der Waals surface area contributed by atoms with Crippen LogP contribution in [0.15, 0.2) is 30.6 Å². The Balaban J connectivity index is 1.54. The predicted octanol–water partition coefficient (Wildman–Crippen LogP) is 2.03. The lowest BCUT2D eigenvalue weighted by molar-refractivity contribution is -0.136. The standard InChI is InChI=1S/C19H25FN6O/c20-16-7-5-6-15(10-16)12-25-13-17(26-14-21-22-23-26)11-18(25)19(27)24-8-3-1-2-4-9-24/h5-7,10,14,17-18H,1-4,8-9,11-13H2/t17-,18+/m1/s1. The number of tetrazole rings is 1. The third-order valence-corrected chi connectivity index (χ3v) is 5.60. The van der Waals surface area contributed by atoms with E-state index in [4.69, 9.17) is 0 Å². The molecule has 4 rings (SSSR count). The molecule has 0 saturated carbocycles. The topological polar surface area (TPSA) is 67.2 Å². The van der Waals surface area contributed by atoms with Crippen molar-refractivity contribution in [1.29, 1.82) is 0 Å². The molecular weight excluding hydrogens is 347 g/mol. The molecule has 144 valence electrons. The molecule has 0 N–H and O–H groups in total. The van der Waals surface area contributed by atoms with Crippen LogP contribution < -0.4 is 0 Å².